The van der Waals surface area contributed by atoms with E-state index in [1.54, 1.807) is 14.0 Å². The number of methoxy groups -OCH3 is 1. The summed E-state index contributed by atoms with van der Waals surface area (Å²) in [4.78, 5) is 31.0. The van der Waals surface area contributed by atoms with E-state index in [1.165, 1.54) is 57.8 Å². The number of hydrogen-bond acceptors (Lipinski definition) is 8. The number of nitrogens with zero attached hydrogens (tertiary/aromatic N) is 2. The van der Waals surface area contributed by atoms with Gasteiger partial charge in [-0.3, -0.25) is 18.9 Å². The van der Waals surface area contributed by atoms with Crippen LogP contribution in [0, 0.1) is 11.8 Å². The Morgan fingerprint density at radius 3 is 2.31 bits per heavy atom. The Labute approximate surface area is 334 Å². The van der Waals surface area contributed by atoms with Crippen LogP contribution in [-0.2, 0) is 29.6 Å². The highest BCUT2D eigenvalue weighted by Crippen LogP contribution is 2.45. The lowest BCUT2D eigenvalue weighted by Gasteiger charge is -2.52. The molecule has 3 aliphatic heterocycles. The highest BCUT2D eigenvalue weighted by Gasteiger charge is 2.44. The minimum absolute atomic E-state index is 0.0193. The number of hydrogen-bond donors (Lipinski definition) is 1. The molecule has 1 amide bonds. The van der Waals surface area contributed by atoms with E-state index >= 15 is 0 Å². The lowest BCUT2D eigenvalue weighted by Crippen LogP contribution is -2.55. The molecule has 2 bridgehead atoms. The fourth-order valence-corrected chi connectivity index (χ4v) is 9.87. The van der Waals surface area contributed by atoms with Crippen molar-refractivity contribution in [3.8, 4) is 5.75 Å². The maximum Gasteiger partial charge on any atom is 0.333 e. The molecule has 5 rings (SSSR count). The smallest absolute Gasteiger partial charge is 0.333 e. The summed E-state index contributed by atoms with van der Waals surface area (Å²) in [5, 5.41) is 3.81. The minimum atomic E-state index is -1.46. The largest absolute Gasteiger partial charge is 0.497 e. The molecule has 1 N–H and O–H groups in total. The van der Waals surface area contributed by atoms with Crippen LogP contribution in [0.4, 0.5) is 0 Å². The van der Waals surface area contributed by atoms with Gasteiger partial charge in [0.1, 0.15) is 18.5 Å². The number of esters is 1. The lowest BCUT2D eigenvalue weighted by atomic mass is 9.72. The van der Waals surface area contributed by atoms with E-state index in [0.717, 1.165) is 93.1 Å². The van der Waals surface area contributed by atoms with Crippen LogP contribution in [0.5, 0.6) is 5.75 Å². The number of rotatable bonds is 28. The van der Waals surface area contributed by atoms with Gasteiger partial charge in [-0.15, -0.1) is 0 Å². The van der Waals surface area contributed by atoms with Gasteiger partial charge in [-0.05, 0) is 87.2 Å². The second kappa shape index (κ2) is 24.7. The summed E-state index contributed by atoms with van der Waals surface area (Å²) in [5.41, 5.74) is 2.31. The Hall–Kier alpha value is -2.82. The van der Waals surface area contributed by atoms with Gasteiger partial charge < -0.3 is 14.8 Å². The zero-order valence-corrected chi connectivity index (χ0v) is 35.3. The van der Waals surface area contributed by atoms with Crippen LogP contribution in [0.1, 0.15) is 154 Å². The molecule has 3 saturated heterocycles. The standard InChI is InChI=1S/C45H71N3O6S/c1-6-8-9-10-11-12-14-17-20-38(21-18-15-13-16-19-22-43(49)47-28-30-53-45(50)34(3)4)55(51)54-44(42-31-36-26-29-48(42)33-35(36)7-2)39-25-27-46-41-24-23-37(52-5)32-40(39)41/h23-25,27,32,35-36,38,42,44H,3,6-22,26,28-31,33H2,1-2,4-5H3,(H,47,49)/t35-,36-,38?,42+,44-,55?/m0/s1. The van der Waals surface area contributed by atoms with Crippen molar-refractivity contribution in [2.24, 2.45) is 11.8 Å². The Morgan fingerprint density at radius 2 is 1.67 bits per heavy atom. The van der Waals surface area contributed by atoms with Crippen molar-refractivity contribution in [1.29, 1.82) is 0 Å². The lowest BCUT2D eigenvalue weighted by molar-refractivity contribution is -0.139. The van der Waals surface area contributed by atoms with Crippen LogP contribution < -0.4 is 10.1 Å². The number of carbonyl (C=O) groups is 2. The van der Waals surface area contributed by atoms with Gasteiger partial charge in [0.25, 0.3) is 0 Å². The first-order valence-electron chi connectivity index (χ1n) is 21.6. The first kappa shape index (κ1) is 44.9. The van der Waals surface area contributed by atoms with Gasteiger partial charge >= 0.3 is 5.97 Å². The van der Waals surface area contributed by atoms with Crippen molar-refractivity contribution in [2.75, 3.05) is 33.4 Å². The fraction of sp³-hybridized carbons (Fsp3) is 0.711. The molecule has 10 heteroatoms. The molecule has 0 spiro atoms. The topological polar surface area (TPSA) is 107 Å². The number of benzene rings is 1. The van der Waals surface area contributed by atoms with Crippen LogP contribution >= 0.6 is 0 Å². The first-order chi connectivity index (χ1) is 26.7. The minimum Gasteiger partial charge on any atom is -0.497 e. The molecule has 308 valence electrons. The average Bonchev–Trinajstić information content (AvgIpc) is 3.20. The molecule has 55 heavy (non-hydrogen) atoms. The molecule has 0 radical (unpaired) electrons. The van der Waals surface area contributed by atoms with Crippen molar-refractivity contribution < 1.29 is 27.5 Å². The maximum atomic E-state index is 14.6. The Bertz CT molecular complexity index is 1500. The van der Waals surface area contributed by atoms with Gasteiger partial charge in [0, 0.05) is 36.2 Å². The van der Waals surface area contributed by atoms with E-state index in [2.05, 4.69) is 47.8 Å². The zero-order chi connectivity index (χ0) is 39.4. The van der Waals surface area contributed by atoms with Crippen molar-refractivity contribution in [3.05, 3.63) is 48.2 Å². The van der Waals surface area contributed by atoms with Crippen molar-refractivity contribution in [1.82, 2.24) is 15.2 Å². The van der Waals surface area contributed by atoms with Crippen LogP contribution in [0.15, 0.2) is 42.6 Å². The van der Waals surface area contributed by atoms with Crippen molar-refractivity contribution in [3.63, 3.8) is 0 Å². The maximum absolute atomic E-state index is 14.6. The molecular formula is C45H71N3O6S. The van der Waals surface area contributed by atoms with Crippen LogP contribution in [0.2, 0.25) is 0 Å². The predicted molar refractivity (Wildman–Crippen MR) is 224 cm³/mol. The number of piperidine rings is 3. The molecule has 1 aromatic carbocycles. The van der Waals surface area contributed by atoms with Gasteiger partial charge in [0.15, 0.2) is 11.1 Å². The van der Waals surface area contributed by atoms with Gasteiger partial charge in [-0.25, -0.2) is 9.00 Å². The molecule has 7 atom stereocenters. The second-order valence-electron chi connectivity index (χ2n) is 16.0. The fourth-order valence-electron chi connectivity index (χ4n) is 8.56. The molecular weight excluding hydrogens is 711 g/mol. The molecule has 9 nitrogen and oxygen atoms in total. The predicted octanol–water partition coefficient (Wildman–Crippen LogP) is 9.95. The number of aromatic nitrogens is 1. The highest BCUT2D eigenvalue weighted by molar-refractivity contribution is 7.80. The molecule has 1 aromatic heterocycles. The average molecular weight is 782 g/mol. The van der Waals surface area contributed by atoms with Crippen LogP contribution in [-0.4, -0.2) is 70.6 Å². The summed E-state index contributed by atoms with van der Waals surface area (Å²) in [7, 11) is 1.69. The number of ether oxygens (including phenoxy) is 2. The third-order valence-corrected chi connectivity index (χ3v) is 13.3. The van der Waals surface area contributed by atoms with Crippen molar-refractivity contribution >= 4 is 33.9 Å². The summed E-state index contributed by atoms with van der Waals surface area (Å²) in [6.45, 7) is 12.3. The second-order valence-corrected chi connectivity index (χ2v) is 17.4. The Kier molecular flexibility index (Phi) is 20.2. The third kappa shape index (κ3) is 14.6. The normalized spacial score (nSPS) is 20.9. The highest BCUT2D eigenvalue weighted by atomic mass is 32.2. The Balaban J connectivity index is 1.37. The molecule has 0 saturated carbocycles. The Morgan fingerprint density at radius 1 is 0.982 bits per heavy atom. The van der Waals surface area contributed by atoms with E-state index in [-0.39, 0.29) is 29.9 Å². The molecule has 4 heterocycles. The monoisotopic (exact) mass is 782 g/mol. The zero-order valence-electron chi connectivity index (χ0n) is 34.5. The summed E-state index contributed by atoms with van der Waals surface area (Å²) < 4.78 is 32.2. The first-order valence-corrected chi connectivity index (χ1v) is 22.7. The van der Waals surface area contributed by atoms with Gasteiger partial charge in [-0.1, -0.05) is 104 Å². The van der Waals surface area contributed by atoms with E-state index in [0.29, 0.717) is 30.4 Å². The van der Waals surface area contributed by atoms with Crippen LogP contribution in [0.25, 0.3) is 10.9 Å². The van der Waals surface area contributed by atoms with Gasteiger partial charge in [0.05, 0.1) is 24.4 Å². The number of fused-ring (bicyclic) bond motifs is 4. The van der Waals surface area contributed by atoms with Gasteiger partial charge in [0.2, 0.25) is 5.91 Å². The van der Waals surface area contributed by atoms with E-state index in [9.17, 15) is 13.8 Å². The van der Waals surface area contributed by atoms with Crippen LogP contribution in [0.3, 0.4) is 0 Å². The summed E-state index contributed by atoms with van der Waals surface area (Å²) >= 11 is -1.46. The SMILES string of the molecule is C=C(C)C(=O)OCCNC(=O)CCCCCCCC(CCCCCCCCCC)S(=O)O[C@@H](c1ccnc2ccc(OC)cc12)[C@H]1C[C@@H]2CCN1C[C@@H]2CC. The number of carbonyl (C=O) groups excluding carboxylic acids is 2. The van der Waals surface area contributed by atoms with E-state index < -0.39 is 17.0 Å². The summed E-state index contributed by atoms with van der Waals surface area (Å²) in [6.07, 6.45) is 22.1. The molecule has 3 aliphatic rings. The number of pyridine rings is 1. The summed E-state index contributed by atoms with van der Waals surface area (Å²) in [5.74, 6) is 1.72. The quantitative estimate of drug-likeness (QED) is 0.0517. The third-order valence-electron chi connectivity index (χ3n) is 11.9. The summed E-state index contributed by atoms with van der Waals surface area (Å²) in [6, 6.07) is 8.28. The molecule has 3 unspecified atom stereocenters. The van der Waals surface area contributed by atoms with Crippen molar-refractivity contribution in [2.45, 2.75) is 160 Å². The van der Waals surface area contributed by atoms with E-state index in [1.807, 2.05) is 18.3 Å². The molecule has 0 aliphatic carbocycles. The number of unbranched alkanes of at least 4 members (excludes halogenated alkanes) is 11. The molecule has 2 aromatic rings. The number of amides is 1. The number of nitrogens with one attached hydrogen (secondary N) is 1. The molecule has 3 fully saturated rings. The van der Waals surface area contributed by atoms with Gasteiger partial charge in [-0.2, -0.15) is 0 Å². The van der Waals surface area contributed by atoms with E-state index in [4.69, 9.17) is 13.7 Å².